The van der Waals surface area contributed by atoms with Gasteiger partial charge in [0.05, 0.1) is 11.4 Å². The summed E-state index contributed by atoms with van der Waals surface area (Å²) in [4.78, 5) is 5.77. The molecule has 21 heavy (non-hydrogen) atoms. The van der Waals surface area contributed by atoms with Crippen LogP contribution in [0, 0.1) is 20.8 Å². The molecule has 0 unspecified atom stereocenters. The predicted octanol–water partition coefficient (Wildman–Crippen LogP) is 4.89. The zero-order valence-electron chi connectivity index (χ0n) is 12.8. The highest BCUT2D eigenvalue weighted by Gasteiger charge is 2.15. The Morgan fingerprint density at radius 3 is 2.67 bits per heavy atom. The Labute approximate surface area is 133 Å². The highest BCUT2D eigenvalue weighted by Crippen LogP contribution is 2.31. The third-order valence-corrected chi connectivity index (χ3v) is 5.87. The number of rotatable bonds is 4. The normalized spacial score (nSPS) is 11.4. The average molecular weight is 317 g/mol. The van der Waals surface area contributed by atoms with Crippen LogP contribution in [0.15, 0.2) is 22.5 Å². The van der Waals surface area contributed by atoms with E-state index in [9.17, 15) is 0 Å². The molecule has 0 saturated carbocycles. The van der Waals surface area contributed by atoms with Crippen LogP contribution in [-0.4, -0.2) is 20.4 Å². The van der Waals surface area contributed by atoms with Gasteiger partial charge in [0.25, 0.3) is 0 Å². The molecule has 0 aliphatic carbocycles. The number of aryl methyl sites for hydroxylation is 3. The molecule has 0 N–H and O–H groups in total. The lowest BCUT2D eigenvalue weighted by Gasteiger charge is -2.03. The molecule has 110 valence electrons. The Balaban J connectivity index is 2.01. The van der Waals surface area contributed by atoms with E-state index in [0.717, 1.165) is 26.4 Å². The van der Waals surface area contributed by atoms with Crippen molar-refractivity contribution in [3.05, 3.63) is 35.0 Å². The Morgan fingerprint density at radius 2 is 2.00 bits per heavy atom. The molecule has 0 amide bonds. The fraction of sp³-hybridized carbons (Fsp3) is 0.375. The zero-order valence-corrected chi connectivity index (χ0v) is 14.4. The molecule has 0 atom stereocenters. The van der Waals surface area contributed by atoms with Crippen LogP contribution < -0.4 is 0 Å². The number of aromatic nitrogens is 3. The van der Waals surface area contributed by atoms with Crippen LogP contribution in [0.25, 0.3) is 16.2 Å². The molecule has 3 nitrogen and oxygen atoms in total. The molecule has 2 heterocycles. The van der Waals surface area contributed by atoms with E-state index >= 15 is 0 Å². The van der Waals surface area contributed by atoms with E-state index in [4.69, 9.17) is 4.98 Å². The summed E-state index contributed by atoms with van der Waals surface area (Å²) in [6.45, 7) is 8.56. The number of nitrogens with zero attached hydrogens (tertiary/aromatic N) is 3. The van der Waals surface area contributed by atoms with E-state index in [0.29, 0.717) is 0 Å². The summed E-state index contributed by atoms with van der Waals surface area (Å²) in [6.07, 6.45) is 1.17. The van der Waals surface area contributed by atoms with E-state index in [-0.39, 0.29) is 0 Å². The van der Waals surface area contributed by atoms with Crippen molar-refractivity contribution >= 4 is 28.1 Å². The predicted molar refractivity (Wildman–Crippen MR) is 91.5 cm³/mol. The number of imidazole rings is 1. The van der Waals surface area contributed by atoms with Crippen LogP contribution in [0.3, 0.4) is 0 Å². The Morgan fingerprint density at radius 1 is 1.19 bits per heavy atom. The summed E-state index contributed by atoms with van der Waals surface area (Å²) >= 11 is 3.49. The second-order valence-electron chi connectivity index (χ2n) is 5.26. The standard InChI is InChI=1S/C16H19N3S2/c1-5-8-20-16-18-19-12(4)14(17-15(19)21-16)13-7-6-10(2)11(3)9-13/h6-7,9H,5,8H2,1-4H3. The first-order valence-corrected chi connectivity index (χ1v) is 8.97. The molecule has 1 aromatic carbocycles. The average Bonchev–Trinajstić information content (AvgIpc) is 2.99. The van der Waals surface area contributed by atoms with Crippen LogP contribution in [0.2, 0.25) is 0 Å². The second kappa shape index (κ2) is 5.81. The largest absolute Gasteiger partial charge is 0.217 e. The number of hydrogen-bond donors (Lipinski definition) is 0. The summed E-state index contributed by atoms with van der Waals surface area (Å²) in [7, 11) is 0. The Bertz CT molecular complexity index is 786. The third-order valence-electron chi connectivity index (χ3n) is 3.62. The molecule has 0 spiro atoms. The highest BCUT2D eigenvalue weighted by molar-refractivity contribution is 8.01. The van der Waals surface area contributed by atoms with Gasteiger partial charge in [-0.05, 0) is 44.4 Å². The molecule has 2 aromatic heterocycles. The molecule has 3 rings (SSSR count). The van der Waals surface area contributed by atoms with Crippen LogP contribution in [0.4, 0.5) is 0 Å². The van der Waals surface area contributed by atoms with Gasteiger partial charge in [-0.2, -0.15) is 0 Å². The van der Waals surface area contributed by atoms with E-state index < -0.39 is 0 Å². The van der Waals surface area contributed by atoms with Gasteiger partial charge >= 0.3 is 0 Å². The molecule has 0 fully saturated rings. The fourth-order valence-electron chi connectivity index (χ4n) is 2.24. The Hall–Kier alpha value is -1.33. The van der Waals surface area contributed by atoms with Crippen LogP contribution in [0.1, 0.15) is 30.2 Å². The van der Waals surface area contributed by atoms with Gasteiger partial charge in [0.2, 0.25) is 4.96 Å². The van der Waals surface area contributed by atoms with Crippen molar-refractivity contribution in [3.8, 4) is 11.3 Å². The number of benzene rings is 1. The first kappa shape index (κ1) is 14.6. The number of fused-ring (bicyclic) bond motifs is 1. The van der Waals surface area contributed by atoms with Gasteiger partial charge in [-0.25, -0.2) is 9.50 Å². The van der Waals surface area contributed by atoms with Gasteiger partial charge in [0.15, 0.2) is 4.34 Å². The van der Waals surface area contributed by atoms with Crippen LogP contribution in [-0.2, 0) is 0 Å². The molecule has 5 heteroatoms. The van der Waals surface area contributed by atoms with Crippen LogP contribution >= 0.6 is 23.1 Å². The summed E-state index contributed by atoms with van der Waals surface area (Å²) in [6, 6.07) is 6.52. The SMILES string of the molecule is CCCSc1nn2c(C)c(-c3ccc(C)c(C)c3)nc2s1. The van der Waals surface area contributed by atoms with Gasteiger partial charge < -0.3 is 0 Å². The third kappa shape index (κ3) is 2.72. The molecule has 0 aliphatic heterocycles. The first-order valence-electron chi connectivity index (χ1n) is 7.16. The van der Waals surface area contributed by atoms with Gasteiger partial charge in [-0.1, -0.05) is 42.2 Å². The lowest BCUT2D eigenvalue weighted by Crippen LogP contribution is -1.90. The summed E-state index contributed by atoms with van der Waals surface area (Å²) < 4.78 is 3.08. The van der Waals surface area contributed by atoms with E-state index in [2.05, 4.69) is 51.0 Å². The topological polar surface area (TPSA) is 30.2 Å². The smallest absolute Gasteiger partial charge is 0.213 e. The van der Waals surface area contributed by atoms with Crippen molar-refractivity contribution in [2.75, 3.05) is 5.75 Å². The van der Waals surface area contributed by atoms with Gasteiger partial charge in [0.1, 0.15) is 0 Å². The van der Waals surface area contributed by atoms with Crippen molar-refractivity contribution < 1.29 is 0 Å². The first-order chi connectivity index (χ1) is 10.1. The maximum absolute atomic E-state index is 4.79. The summed E-state index contributed by atoms with van der Waals surface area (Å²) in [5.74, 6) is 1.11. The van der Waals surface area contributed by atoms with E-state index in [1.54, 1.807) is 11.3 Å². The van der Waals surface area contributed by atoms with E-state index in [1.807, 2.05) is 16.3 Å². The maximum Gasteiger partial charge on any atom is 0.213 e. The van der Waals surface area contributed by atoms with Gasteiger partial charge in [0, 0.05) is 11.3 Å². The number of hydrogen-bond acceptors (Lipinski definition) is 4. The fourth-order valence-corrected chi connectivity index (χ4v) is 4.15. The summed E-state index contributed by atoms with van der Waals surface area (Å²) in [5, 5.41) is 4.67. The van der Waals surface area contributed by atoms with Crippen molar-refractivity contribution in [3.63, 3.8) is 0 Å². The van der Waals surface area contributed by atoms with Crippen molar-refractivity contribution in [2.45, 2.75) is 38.5 Å². The maximum atomic E-state index is 4.79. The minimum Gasteiger partial charge on any atom is -0.217 e. The van der Waals surface area contributed by atoms with Gasteiger partial charge in [-0.15, -0.1) is 5.10 Å². The molecular formula is C16H19N3S2. The van der Waals surface area contributed by atoms with Crippen molar-refractivity contribution in [1.29, 1.82) is 0 Å². The lowest BCUT2D eigenvalue weighted by atomic mass is 10.0. The molecule has 0 aliphatic rings. The minimum absolute atomic E-state index is 0.985. The van der Waals surface area contributed by atoms with Crippen LogP contribution in [0.5, 0.6) is 0 Å². The lowest BCUT2D eigenvalue weighted by molar-refractivity contribution is 0.882. The molecule has 0 saturated heterocycles. The van der Waals surface area contributed by atoms with Crippen molar-refractivity contribution in [2.24, 2.45) is 0 Å². The molecular weight excluding hydrogens is 298 g/mol. The second-order valence-corrected chi connectivity index (χ2v) is 7.55. The van der Waals surface area contributed by atoms with Gasteiger partial charge in [-0.3, -0.25) is 0 Å². The zero-order chi connectivity index (χ0) is 15.0. The highest BCUT2D eigenvalue weighted by atomic mass is 32.2. The van der Waals surface area contributed by atoms with E-state index in [1.165, 1.54) is 23.1 Å². The summed E-state index contributed by atoms with van der Waals surface area (Å²) in [5.41, 5.74) is 5.96. The molecule has 0 bridgehead atoms. The Kier molecular flexibility index (Phi) is 4.04. The monoisotopic (exact) mass is 317 g/mol. The quantitative estimate of drug-likeness (QED) is 0.642. The number of thioether (sulfide) groups is 1. The van der Waals surface area contributed by atoms with Crippen molar-refractivity contribution in [1.82, 2.24) is 14.6 Å². The minimum atomic E-state index is 0.985. The molecule has 3 aromatic rings. The molecule has 0 radical (unpaired) electrons.